The average molecular weight is 409 g/mol. The van der Waals surface area contributed by atoms with Crippen molar-refractivity contribution in [3.63, 3.8) is 0 Å². The van der Waals surface area contributed by atoms with Crippen molar-refractivity contribution < 1.29 is 18.0 Å². The van der Waals surface area contributed by atoms with Crippen LogP contribution in [0.1, 0.15) is 58.3 Å². The van der Waals surface area contributed by atoms with E-state index in [4.69, 9.17) is 0 Å². The number of fused-ring (bicyclic) bond motifs is 1. The van der Waals surface area contributed by atoms with Gasteiger partial charge in [0.1, 0.15) is 10.6 Å². The second-order valence-corrected chi connectivity index (χ2v) is 7.60. The highest BCUT2D eigenvalue weighted by Crippen LogP contribution is 2.35. The Hall–Kier alpha value is -2.49. The minimum Gasteiger partial charge on any atom is -0.329 e. The van der Waals surface area contributed by atoms with E-state index in [2.05, 4.69) is 15.1 Å². The first-order chi connectivity index (χ1) is 13.3. The van der Waals surface area contributed by atoms with Crippen LogP contribution in [0.2, 0.25) is 0 Å². The third-order valence-electron chi connectivity index (χ3n) is 4.95. The summed E-state index contributed by atoms with van der Waals surface area (Å²) < 4.78 is 41.3. The molecular weight excluding hydrogens is 391 g/mol. The molecule has 0 spiro atoms. The number of halogens is 3. The molecule has 1 saturated heterocycles. The van der Waals surface area contributed by atoms with E-state index in [-0.39, 0.29) is 17.6 Å². The molecule has 0 unspecified atom stereocenters. The number of nitrogens with zero attached hydrogens (tertiary/aromatic N) is 5. The zero-order valence-electron chi connectivity index (χ0n) is 15.3. The van der Waals surface area contributed by atoms with E-state index in [0.29, 0.717) is 41.3 Å². The standard InChI is InChI=1S/C18H18F3N5OS/c1-3-11-7-14(18(19,20)21)26-15(23-11)8-12(24-26)13-5-4-6-25(13)17(27)16-10(2)22-9-28-16/h7-9,13H,3-6H2,1-2H3/t13-/m1/s1. The number of carbonyl (C=O) groups is 1. The van der Waals surface area contributed by atoms with Gasteiger partial charge in [-0.25, -0.2) is 14.5 Å². The van der Waals surface area contributed by atoms with Crippen molar-refractivity contribution in [1.82, 2.24) is 24.5 Å². The summed E-state index contributed by atoms with van der Waals surface area (Å²) in [7, 11) is 0. The lowest BCUT2D eigenvalue weighted by Crippen LogP contribution is -2.30. The van der Waals surface area contributed by atoms with E-state index in [1.165, 1.54) is 11.3 Å². The monoisotopic (exact) mass is 409 g/mol. The number of hydrogen-bond acceptors (Lipinski definition) is 5. The van der Waals surface area contributed by atoms with Gasteiger partial charge in [-0.05, 0) is 32.3 Å². The Labute approximate surface area is 163 Å². The zero-order valence-corrected chi connectivity index (χ0v) is 16.1. The fraction of sp³-hybridized carbons (Fsp3) is 0.444. The van der Waals surface area contributed by atoms with Crippen LogP contribution < -0.4 is 0 Å². The molecule has 4 rings (SSSR count). The van der Waals surface area contributed by atoms with E-state index in [1.807, 2.05) is 0 Å². The maximum atomic E-state index is 13.5. The smallest absolute Gasteiger partial charge is 0.329 e. The maximum Gasteiger partial charge on any atom is 0.433 e. The maximum absolute atomic E-state index is 13.5. The third-order valence-corrected chi connectivity index (χ3v) is 5.86. The Morgan fingerprint density at radius 2 is 2.14 bits per heavy atom. The lowest BCUT2D eigenvalue weighted by molar-refractivity contribution is -0.142. The molecular formula is C18H18F3N5OS. The van der Waals surface area contributed by atoms with Gasteiger partial charge in [-0.1, -0.05) is 6.92 Å². The van der Waals surface area contributed by atoms with Gasteiger partial charge in [-0.3, -0.25) is 4.79 Å². The van der Waals surface area contributed by atoms with Gasteiger partial charge in [0.2, 0.25) is 0 Å². The first-order valence-electron chi connectivity index (χ1n) is 8.97. The van der Waals surface area contributed by atoms with E-state index in [0.717, 1.165) is 17.0 Å². The van der Waals surface area contributed by atoms with Gasteiger partial charge in [0.05, 0.1) is 22.9 Å². The zero-order chi connectivity index (χ0) is 20.1. The van der Waals surface area contributed by atoms with Gasteiger partial charge in [0.25, 0.3) is 5.91 Å². The molecule has 1 amide bonds. The van der Waals surface area contributed by atoms with Crippen LogP contribution in [-0.4, -0.2) is 36.9 Å². The molecule has 1 aliphatic rings. The highest BCUT2D eigenvalue weighted by molar-refractivity contribution is 7.11. The van der Waals surface area contributed by atoms with Gasteiger partial charge in [0.15, 0.2) is 5.65 Å². The number of rotatable bonds is 3. The molecule has 0 bridgehead atoms. The van der Waals surface area contributed by atoms with Crippen LogP contribution in [0.4, 0.5) is 13.2 Å². The SMILES string of the molecule is CCc1cc(C(F)(F)F)n2nc([C@H]3CCCN3C(=O)c3scnc3C)cc2n1. The van der Waals surface area contributed by atoms with Crippen LogP contribution in [0.25, 0.3) is 5.65 Å². The van der Waals surface area contributed by atoms with Crippen molar-refractivity contribution in [2.24, 2.45) is 0 Å². The predicted octanol–water partition coefficient (Wildman–Crippen LogP) is 4.05. The lowest BCUT2D eigenvalue weighted by Gasteiger charge is -2.22. The Kier molecular flexibility index (Phi) is 4.60. The van der Waals surface area contributed by atoms with Gasteiger partial charge in [-0.2, -0.15) is 18.3 Å². The number of hydrogen-bond donors (Lipinski definition) is 0. The minimum absolute atomic E-state index is 0.148. The first kappa shape index (κ1) is 18.9. The van der Waals surface area contributed by atoms with Gasteiger partial charge in [0, 0.05) is 18.3 Å². The number of aromatic nitrogens is 4. The molecule has 28 heavy (non-hydrogen) atoms. The van der Waals surface area contributed by atoms with Crippen molar-refractivity contribution in [1.29, 1.82) is 0 Å². The molecule has 1 fully saturated rings. The fourth-order valence-electron chi connectivity index (χ4n) is 3.55. The molecule has 0 aliphatic carbocycles. The highest BCUT2D eigenvalue weighted by Gasteiger charge is 2.37. The summed E-state index contributed by atoms with van der Waals surface area (Å²) in [6.45, 7) is 4.06. The van der Waals surface area contributed by atoms with Crippen molar-refractivity contribution in [2.75, 3.05) is 6.54 Å². The molecule has 0 saturated carbocycles. The van der Waals surface area contributed by atoms with Gasteiger partial charge < -0.3 is 4.90 Å². The second kappa shape index (κ2) is 6.84. The van der Waals surface area contributed by atoms with Crippen LogP contribution in [-0.2, 0) is 12.6 Å². The molecule has 10 heteroatoms. The average Bonchev–Trinajstić information content (AvgIpc) is 3.37. The molecule has 1 atom stereocenters. The summed E-state index contributed by atoms with van der Waals surface area (Å²) in [5, 5.41) is 4.20. The van der Waals surface area contributed by atoms with E-state index < -0.39 is 11.9 Å². The quantitative estimate of drug-likeness (QED) is 0.655. The summed E-state index contributed by atoms with van der Waals surface area (Å²) in [4.78, 5) is 23.5. The predicted molar refractivity (Wildman–Crippen MR) is 97.2 cm³/mol. The topological polar surface area (TPSA) is 63.4 Å². The first-order valence-corrected chi connectivity index (χ1v) is 9.85. The number of alkyl halides is 3. The van der Waals surface area contributed by atoms with Crippen LogP contribution in [0.3, 0.4) is 0 Å². The molecule has 1 aliphatic heterocycles. The number of likely N-dealkylation sites (tertiary alicyclic amines) is 1. The number of thiazole rings is 1. The normalized spacial score (nSPS) is 17.6. The molecule has 3 aromatic rings. The van der Waals surface area contributed by atoms with Gasteiger partial charge >= 0.3 is 6.18 Å². The van der Waals surface area contributed by atoms with Crippen LogP contribution >= 0.6 is 11.3 Å². The molecule has 6 nitrogen and oxygen atoms in total. The summed E-state index contributed by atoms with van der Waals surface area (Å²) in [5.74, 6) is -0.155. The second-order valence-electron chi connectivity index (χ2n) is 6.75. The Balaban J connectivity index is 1.76. The largest absolute Gasteiger partial charge is 0.433 e. The van der Waals surface area contributed by atoms with E-state index in [1.54, 1.807) is 30.3 Å². The Morgan fingerprint density at radius 3 is 2.79 bits per heavy atom. The van der Waals surface area contributed by atoms with Crippen LogP contribution in [0, 0.1) is 6.92 Å². The molecule has 0 radical (unpaired) electrons. The Bertz CT molecular complexity index is 1040. The summed E-state index contributed by atoms with van der Waals surface area (Å²) >= 11 is 1.27. The number of carbonyl (C=O) groups excluding carboxylic acids is 1. The molecule has 0 aromatic carbocycles. The Morgan fingerprint density at radius 1 is 1.36 bits per heavy atom. The van der Waals surface area contributed by atoms with Crippen molar-refractivity contribution >= 4 is 22.9 Å². The van der Waals surface area contributed by atoms with Crippen molar-refractivity contribution in [3.8, 4) is 0 Å². The lowest BCUT2D eigenvalue weighted by atomic mass is 10.1. The summed E-state index contributed by atoms with van der Waals surface area (Å²) in [6, 6.07) is 2.22. The molecule has 0 N–H and O–H groups in total. The third kappa shape index (κ3) is 3.15. The van der Waals surface area contributed by atoms with Crippen molar-refractivity contribution in [2.45, 2.75) is 45.3 Å². The van der Waals surface area contributed by atoms with E-state index in [9.17, 15) is 18.0 Å². The molecule has 148 valence electrons. The van der Waals surface area contributed by atoms with Crippen LogP contribution in [0.15, 0.2) is 17.6 Å². The van der Waals surface area contributed by atoms with Crippen molar-refractivity contribution in [3.05, 3.63) is 45.3 Å². The fourth-order valence-corrected chi connectivity index (χ4v) is 4.30. The van der Waals surface area contributed by atoms with Crippen LogP contribution in [0.5, 0.6) is 0 Å². The summed E-state index contributed by atoms with van der Waals surface area (Å²) in [5.41, 5.74) is 2.35. The highest BCUT2D eigenvalue weighted by atomic mass is 32.1. The minimum atomic E-state index is -4.54. The number of aryl methyl sites for hydroxylation is 2. The number of amides is 1. The summed E-state index contributed by atoms with van der Waals surface area (Å²) in [6.07, 6.45) is -2.74. The van der Waals surface area contributed by atoms with E-state index >= 15 is 0 Å². The molecule has 3 aromatic heterocycles. The molecule has 4 heterocycles. The van der Waals surface area contributed by atoms with Gasteiger partial charge in [-0.15, -0.1) is 11.3 Å².